The summed E-state index contributed by atoms with van der Waals surface area (Å²) in [5, 5.41) is 3.69. The number of rotatable bonds is 4. The van der Waals surface area contributed by atoms with Gasteiger partial charge in [0.05, 0.1) is 24.3 Å². The minimum atomic E-state index is -0.727. The molecule has 2 aromatic carbocycles. The Bertz CT molecular complexity index is 1430. The molecule has 35 heavy (non-hydrogen) atoms. The summed E-state index contributed by atoms with van der Waals surface area (Å²) in [7, 11) is 0. The molecule has 1 amide bonds. The fourth-order valence-corrected chi connectivity index (χ4v) is 4.88. The Kier molecular flexibility index (Phi) is 5.92. The van der Waals surface area contributed by atoms with Gasteiger partial charge in [-0.25, -0.2) is 9.38 Å². The third-order valence-corrected chi connectivity index (χ3v) is 7.00. The minimum absolute atomic E-state index is 0.0523. The maximum Gasteiger partial charge on any atom is 0.254 e. The SMILES string of the molecule is CC1=C(N2CCOCC2)N=CC(C(C)(C)NC(=O)c2cc3[nH]c4ccccc4c(=O)c3cc2F)C1. The average Bonchev–Trinajstić information content (AvgIpc) is 2.84. The number of aliphatic imine (C=N–C) groups is 1. The Morgan fingerprint density at radius 3 is 2.66 bits per heavy atom. The van der Waals surface area contributed by atoms with Gasteiger partial charge in [-0.05, 0) is 57.0 Å². The number of H-pyrrole nitrogens is 1. The Balaban J connectivity index is 1.39. The topological polar surface area (TPSA) is 86.8 Å². The molecule has 3 aromatic rings. The Labute approximate surface area is 202 Å². The number of hydrogen-bond acceptors (Lipinski definition) is 5. The van der Waals surface area contributed by atoms with Crippen LogP contribution in [0.4, 0.5) is 4.39 Å². The van der Waals surface area contributed by atoms with Crippen molar-refractivity contribution in [2.24, 2.45) is 10.9 Å². The van der Waals surface area contributed by atoms with E-state index in [2.05, 4.69) is 22.1 Å². The van der Waals surface area contributed by atoms with Crippen molar-refractivity contribution in [2.45, 2.75) is 32.7 Å². The molecule has 0 aliphatic carbocycles. The van der Waals surface area contributed by atoms with Gasteiger partial charge in [-0.15, -0.1) is 0 Å². The van der Waals surface area contributed by atoms with Crippen LogP contribution in [-0.4, -0.2) is 53.8 Å². The molecule has 0 spiro atoms. The summed E-state index contributed by atoms with van der Waals surface area (Å²) in [6.45, 7) is 8.91. The zero-order valence-corrected chi connectivity index (χ0v) is 20.2. The summed E-state index contributed by atoms with van der Waals surface area (Å²) in [5.74, 6) is -0.334. The summed E-state index contributed by atoms with van der Waals surface area (Å²) in [6, 6.07) is 9.62. The Morgan fingerprint density at radius 2 is 1.91 bits per heavy atom. The second-order valence-electron chi connectivity index (χ2n) is 9.85. The number of pyridine rings is 1. The number of nitrogens with zero attached hydrogens (tertiary/aromatic N) is 2. The summed E-state index contributed by atoms with van der Waals surface area (Å²) >= 11 is 0. The highest BCUT2D eigenvalue weighted by Crippen LogP contribution is 2.30. The van der Waals surface area contributed by atoms with Crippen molar-refractivity contribution < 1.29 is 13.9 Å². The fraction of sp³-hybridized carbons (Fsp3) is 0.370. The van der Waals surface area contributed by atoms with E-state index >= 15 is 4.39 Å². The molecule has 5 rings (SSSR count). The van der Waals surface area contributed by atoms with E-state index < -0.39 is 17.3 Å². The summed E-state index contributed by atoms with van der Waals surface area (Å²) in [5.41, 5.74) is 1.17. The Morgan fingerprint density at radius 1 is 1.17 bits per heavy atom. The van der Waals surface area contributed by atoms with Crippen molar-refractivity contribution in [1.29, 1.82) is 0 Å². The van der Waals surface area contributed by atoms with E-state index in [0.717, 1.165) is 37.0 Å². The number of fused-ring (bicyclic) bond motifs is 2. The highest BCUT2D eigenvalue weighted by atomic mass is 19.1. The van der Waals surface area contributed by atoms with Crippen LogP contribution in [0.5, 0.6) is 0 Å². The lowest BCUT2D eigenvalue weighted by atomic mass is 9.82. The minimum Gasteiger partial charge on any atom is -0.378 e. The summed E-state index contributed by atoms with van der Waals surface area (Å²) in [6.07, 6.45) is 2.63. The molecular weight excluding hydrogens is 447 g/mol. The van der Waals surface area contributed by atoms with Crippen LogP contribution in [0.15, 0.2) is 57.6 Å². The molecule has 8 heteroatoms. The van der Waals surface area contributed by atoms with Gasteiger partial charge < -0.3 is 19.9 Å². The third kappa shape index (κ3) is 4.34. The molecule has 1 fully saturated rings. The molecule has 0 saturated carbocycles. The lowest BCUT2D eigenvalue weighted by molar-refractivity contribution is 0.0521. The number of amides is 1. The number of halogens is 1. The quantitative estimate of drug-likeness (QED) is 0.558. The second-order valence-corrected chi connectivity index (χ2v) is 9.85. The number of morpholine rings is 1. The van der Waals surface area contributed by atoms with Crippen LogP contribution in [0.3, 0.4) is 0 Å². The van der Waals surface area contributed by atoms with E-state index in [1.54, 1.807) is 18.2 Å². The second kappa shape index (κ2) is 8.92. The number of aromatic amines is 1. The molecule has 0 bridgehead atoms. The normalized spacial score (nSPS) is 19.0. The van der Waals surface area contributed by atoms with Gasteiger partial charge in [-0.2, -0.15) is 0 Å². The standard InChI is InChI=1S/C27H29FN4O3/c1-16-12-17(15-29-25(16)32-8-10-35-11-9-32)27(2,3)31-26(34)19-14-23-20(13-21(19)28)24(33)18-6-4-5-7-22(18)30-23/h4-7,13-15,17H,8-12H2,1-3H3,(H,30,33)(H,31,34). The van der Waals surface area contributed by atoms with Gasteiger partial charge in [-0.3, -0.25) is 9.59 Å². The van der Waals surface area contributed by atoms with Crippen LogP contribution in [0.1, 0.15) is 37.6 Å². The van der Waals surface area contributed by atoms with Gasteiger partial charge in [0.15, 0.2) is 5.43 Å². The third-order valence-electron chi connectivity index (χ3n) is 7.00. The van der Waals surface area contributed by atoms with E-state index in [9.17, 15) is 9.59 Å². The van der Waals surface area contributed by atoms with Crippen LogP contribution in [0.25, 0.3) is 21.8 Å². The van der Waals surface area contributed by atoms with E-state index in [-0.39, 0.29) is 22.3 Å². The number of aromatic nitrogens is 1. The number of para-hydroxylation sites is 1. The molecule has 1 saturated heterocycles. The number of benzene rings is 2. The molecular formula is C27H29FN4O3. The number of hydrogen-bond donors (Lipinski definition) is 2. The Hall–Kier alpha value is -3.52. The van der Waals surface area contributed by atoms with Crippen LogP contribution in [0.2, 0.25) is 0 Å². The summed E-state index contributed by atoms with van der Waals surface area (Å²) in [4.78, 5) is 36.1. The maximum atomic E-state index is 15.0. The maximum absolute atomic E-state index is 15.0. The summed E-state index contributed by atoms with van der Waals surface area (Å²) < 4.78 is 20.5. The molecule has 2 N–H and O–H groups in total. The lowest BCUT2D eigenvalue weighted by Crippen LogP contribution is -2.50. The van der Waals surface area contributed by atoms with Gasteiger partial charge in [0.1, 0.15) is 11.6 Å². The van der Waals surface area contributed by atoms with Crippen molar-refractivity contribution in [3.63, 3.8) is 0 Å². The molecule has 3 heterocycles. The first-order valence-electron chi connectivity index (χ1n) is 11.9. The molecule has 7 nitrogen and oxygen atoms in total. The number of ether oxygens (including phenoxy) is 1. The molecule has 1 atom stereocenters. The number of nitrogens with one attached hydrogen (secondary N) is 2. The van der Waals surface area contributed by atoms with E-state index in [1.165, 1.54) is 6.07 Å². The largest absolute Gasteiger partial charge is 0.378 e. The zero-order chi connectivity index (χ0) is 24.7. The fourth-order valence-electron chi connectivity index (χ4n) is 4.88. The van der Waals surface area contributed by atoms with Gasteiger partial charge in [0, 0.05) is 47.1 Å². The molecule has 1 unspecified atom stereocenters. The van der Waals surface area contributed by atoms with Crippen molar-refractivity contribution in [3.8, 4) is 0 Å². The van der Waals surface area contributed by atoms with Crippen molar-refractivity contribution in [1.82, 2.24) is 15.2 Å². The molecule has 0 radical (unpaired) electrons. The van der Waals surface area contributed by atoms with E-state index in [0.29, 0.717) is 29.6 Å². The van der Waals surface area contributed by atoms with Crippen LogP contribution >= 0.6 is 0 Å². The van der Waals surface area contributed by atoms with E-state index in [4.69, 9.17) is 9.73 Å². The monoisotopic (exact) mass is 476 g/mol. The average molecular weight is 477 g/mol. The lowest BCUT2D eigenvalue weighted by Gasteiger charge is -2.37. The predicted molar refractivity (Wildman–Crippen MR) is 135 cm³/mol. The molecule has 2 aliphatic rings. The van der Waals surface area contributed by atoms with Crippen LogP contribution < -0.4 is 10.7 Å². The van der Waals surface area contributed by atoms with E-state index in [1.807, 2.05) is 26.1 Å². The molecule has 182 valence electrons. The zero-order valence-electron chi connectivity index (χ0n) is 20.2. The molecule has 1 aromatic heterocycles. The van der Waals surface area contributed by atoms with Gasteiger partial charge in [0.25, 0.3) is 5.91 Å². The van der Waals surface area contributed by atoms with Crippen LogP contribution in [-0.2, 0) is 4.74 Å². The van der Waals surface area contributed by atoms with Crippen molar-refractivity contribution >= 4 is 33.9 Å². The van der Waals surface area contributed by atoms with Gasteiger partial charge >= 0.3 is 0 Å². The first-order chi connectivity index (χ1) is 16.7. The van der Waals surface area contributed by atoms with Crippen molar-refractivity contribution in [3.05, 3.63) is 69.4 Å². The number of allylic oxidation sites excluding steroid dienone is 1. The van der Waals surface area contributed by atoms with Crippen LogP contribution in [0, 0.1) is 11.7 Å². The van der Waals surface area contributed by atoms with Crippen molar-refractivity contribution in [2.75, 3.05) is 26.3 Å². The smallest absolute Gasteiger partial charge is 0.254 e. The highest BCUT2D eigenvalue weighted by Gasteiger charge is 2.34. The number of carbonyl (C=O) groups excluding carboxylic acids is 1. The molecule has 2 aliphatic heterocycles. The first-order valence-corrected chi connectivity index (χ1v) is 11.9. The number of carbonyl (C=O) groups is 1. The highest BCUT2D eigenvalue weighted by molar-refractivity contribution is 6.00. The predicted octanol–water partition coefficient (Wildman–Crippen LogP) is 3.98. The van der Waals surface area contributed by atoms with Gasteiger partial charge in [-0.1, -0.05) is 12.1 Å². The first kappa shape index (κ1) is 23.2. The van der Waals surface area contributed by atoms with Gasteiger partial charge in [0.2, 0.25) is 0 Å².